The number of nitrogens with one attached hydrogen (secondary N) is 1. The molecule has 0 saturated carbocycles. The summed E-state index contributed by atoms with van der Waals surface area (Å²) >= 11 is 0. The standard InChI is InChI=1S/C9H11N3O2/c1-14-8-5-3-2-4-7(8)6-11-12-9(10)13/h2-6H,1H3,(H3,10,12,13)/b11-6+. The molecule has 3 N–H and O–H groups in total. The van der Waals surface area contributed by atoms with E-state index in [-0.39, 0.29) is 0 Å². The summed E-state index contributed by atoms with van der Waals surface area (Å²) in [6, 6.07) is 6.60. The molecule has 1 rings (SSSR count). The van der Waals surface area contributed by atoms with Crippen LogP contribution < -0.4 is 15.9 Å². The maximum atomic E-state index is 10.3. The molecule has 0 aliphatic rings. The number of methoxy groups -OCH3 is 1. The van der Waals surface area contributed by atoms with Crippen molar-refractivity contribution in [3.8, 4) is 5.75 Å². The van der Waals surface area contributed by atoms with Gasteiger partial charge >= 0.3 is 6.03 Å². The zero-order valence-electron chi connectivity index (χ0n) is 7.73. The number of hydrogen-bond donors (Lipinski definition) is 2. The molecule has 0 atom stereocenters. The number of nitrogens with two attached hydrogens (primary N) is 1. The Labute approximate surface area is 81.6 Å². The first-order valence-electron chi connectivity index (χ1n) is 3.95. The first-order valence-corrected chi connectivity index (χ1v) is 3.95. The van der Waals surface area contributed by atoms with Crippen LogP contribution in [0.3, 0.4) is 0 Å². The van der Waals surface area contributed by atoms with E-state index in [1.165, 1.54) is 6.21 Å². The summed E-state index contributed by atoms with van der Waals surface area (Å²) in [6.07, 6.45) is 1.46. The minimum atomic E-state index is -0.698. The molecular formula is C9H11N3O2. The molecule has 0 fully saturated rings. The van der Waals surface area contributed by atoms with Crippen molar-refractivity contribution in [3.05, 3.63) is 29.8 Å². The van der Waals surface area contributed by atoms with Crippen LogP contribution in [-0.4, -0.2) is 19.4 Å². The number of urea groups is 1. The summed E-state index contributed by atoms with van der Waals surface area (Å²) in [5.74, 6) is 0.683. The highest BCUT2D eigenvalue weighted by Gasteiger charge is 1.96. The molecule has 0 aromatic heterocycles. The number of carbonyl (C=O) groups excluding carboxylic acids is 1. The van der Waals surface area contributed by atoms with Crippen LogP contribution in [-0.2, 0) is 0 Å². The number of ether oxygens (including phenoxy) is 1. The number of rotatable bonds is 3. The second-order valence-corrected chi connectivity index (χ2v) is 2.48. The molecule has 0 bridgehead atoms. The number of para-hydroxylation sites is 1. The molecule has 0 aliphatic carbocycles. The Morgan fingerprint density at radius 3 is 2.93 bits per heavy atom. The summed E-state index contributed by atoms with van der Waals surface area (Å²) in [4.78, 5) is 10.3. The molecule has 2 amide bonds. The summed E-state index contributed by atoms with van der Waals surface area (Å²) in [7, 11) is 1.56. The molecule has 0 heterocycles. The number of hydrogen-bond acceptors (Lipinski definition) is 3. The minimum absolute atomic E-state index is 0.683. The Kier molecular flexibility index (Phi) is 3.49. The van der Waals surface area contributed by atoms with Gasteiger partial charge in [0.1, 0.15) is 5.75 Å². The summed E-state index contributed by atoms with van der Waals surface area (Å²) in [6.45, 7) is 0. The van der Waals surface area contributed by atoms with Crippen molar-refractivity contribution in [1.82, 2.24) is 5.43 Å². The van der Waals surface area contributed by atoms with Gasteiger partial charge in [0, 0.05) is 5.56 Å². The van der Waals surface area contributed by atoms with Gasteiger partial charge in [-0.3, -0.25) is 0 Å². The Morgan fingerprint density at radius 1 is 1.57 bits per heavy atom. The molecule has 0 radical (unpaired) electrons. The average molecular weight is 193 g/mol. The number of primary amides is 1. The molecule has 0 unspecified atom stereocenters. The highest BCUT2D eigenvalue weighted by atomic mass is 16.5. The van der Waals surface area contributed by atoms with Gasteiger partial charge in [0.25, 0.3) is 0 Å². The lowest BCUT2D eigenvalue weighted by atomic mass is 10.2. The van der Waals surface area contributed by atoms with Gasteiger partial charge in [-0.15, -0.1) is 0 Å². The maximum absolute atomic E-state index is 10.3. The third-order valence-electron chi connectivity index (χ3n) is 1.52. The van der Waals surface area contributed by atoms with Crippen LogP contribution in [0.2, 0.25) is 0 Å². The molecule has 1 aromatic carbocycles. The number of amides is 2. The van der Waals surface area contributed by atoms with Crippen molar-refractivity contribution in [3.63, 3.8) is 0 Å². The van der Waals surface area contributed by atoms with Gasteiger partial charge in [0.15, 0.2) is 0 Å². The second-order valence-electron chi connectivity index (χ2n) is 2.48. The molecule has 0 aliphatic heterocycles. The maximum Gasteiger partial charge on any atom is 0.332 e. The lowest BCUT2D eigenvalue weighted by Gasteiger charge is -2.02. The van der Waals surface area contributed by atoms with Crippen molar-refractivity contribution < 1.29 is 9.53 Å². The van der Waals surface area contributed by atoms with Gasteiger partial charge in [0.05, 0.1) is 13.3 Å². The molecule has 74 valence electrons. The zero-order chi connectivity index (χ0) is 10.4. The molecule has 0 spiro atoms. The highest BCUT2D eigenvalue weighted by Crippen LogP contribution is 2.14. The SMILES string of the molecule is COc1ccccc1/C=N/NC(N)=O. The van der Waals surface area contributed by atoms with E-state index in [1.807, 2.05) is 18.2 Å². The summed E-state index contributed by atoms with van der Waals surface area (Å²) in [5, 5.41) is 3.62. The van der Waals surface area contributed by atoms with Crippen LogP contribution in [0.4, 0.5) is 4.79 Å². The van der Waals surface area contributed by atoms with Crippen LogP contribution in [0.25, 0.3) is 0 Å². The summed E-state index contributed by atoms with van der Waals surface area (Å²) in [5.41, 5.74) is 7.70. The fraction of sp³-hybridized carbons (Fsp3) is 0.111. The van der Waals surface area contributed by atoms with E-state index >= 15 is 0 Å². The van der Waals surface area contributed by atoms with Crippen LogP contribution in [0.15, 0.2) is 29.4 Å². The predicted molar refractivity (Wildman–Crippen MR) is 53.3 cm³/mol. The Hall–Kier alpha value is -2.04. The van der Waals surface area contributed by atoms with Crippen molar-refractivity contribution >= 4 is 12.2 Å². The quantitative estimate of drug-likeness (QED) is 0.547. The molecule has 14 heavy (non-hydrogen) atoms. The van der Waals surface area contributed by atoms with Crippen molar-refractivity contribution in [2.75, 3.05) is 7.11 Å². The number of benzene rings is 1. The van der Waals surface area contributed by atoms with E-state index in [0.717, 1.165) is 5.56 Å². The van der Waals surface area contributed by atoms with Gasteiger partial charge in [-0.25, -0.2) is 10.2 Å². The first kappa shape index (κ1) is 10.0. The lowest BCUT2D eigenvalue weighted by Crippen LogP contribution is -2.24. The van der Waals surface area contributed by atoms with E-state index in [4.69, 9.17) is 10.5 Å². The number of carbonyl (C=O) groups is 1. The first-order chi connectivity index (χ1) is 6.74. The average Bonchev–Trinajstić information content (AvgIpc) is 2.18. The van der Waals surface area contributed by atoms with Gasteiger partial charge in [-0.05, 0) is 12.1 Å². The van der Waals surface area contributed by atoms with Gasteiger partial charge in [-0.1, -0.05) is 12.1 Å². The van der Waals surface area contributed by atoms with Gasteiger partial charge in [0.2, 0.25) is 0 Å². The molecular weight excluding hydrogens is 182 g/mol. The van der Waals surface area contributed by atoms with E-state index < -0.39 is 6.03 Å². The Morgan fingerprint density at radius 2 is 2.29 bits per heavy atom. The molecule has 5 nitrogen and oxygen atoms in total. The normalized spacial score (nSPS) is 10.1. The zero-order valence-corrected chi connectivity index (χ0v) is 7.73. The van der Waals surface area contributed by atoms with E-state index in [1.54, 1.807) is 13.2 Å². The van der Waals surface area contributed by atoms with E-state index in [2.05, 4.69) is 10.5 Å². The van der Waals surface area contributed by atoms with Crippen molar-refractivity contribution in [2.45, 2.75) is 0 Å². The lowest BCUT2D eigenvalue weighted by molar-refractivity contribution is 0.249. The third-order valence-corrected chi connectivity index (χ3v) is 1.52. The largest absolute Gasteiger partial charge is 0.496 e. The van der Waals surface area contributed by atoms with Crippen LogP contribution in [0, 0.1) is 0 Å². The minimum Gasteiger partial charge on any atom is -0.496 e. The second kappa shape index (κ2) is 4.86. The molecule has 5 heteroatoms. The number of hydrazone groups is 1. The highest BCUT2D eigenvalue weighted by molar-refractivity contribution is 5.84. The van der Waals surface area contributed by atoms with Crippen LogP contribution in [0.1, 0.15) is 5.56 Å². The van der Waals surface area contributed by atoms with Crippen LogP contribution in [0.5, 0.6) is 5.75 Å². The van der Waals surface area contributed by atoms with Gasteiger partial charge in [-0.2, -0.15) is 5.10 Å². The molecule has 1 aromatic rings. The van der Waals surface area contributed by atoms with Crippen molar-refractivity contribution in [1.29, 1.82) is 0 Å². The fourth-order valence-corrected chi connectivity index (χ4v) is 0.939. The third kappa shape index (κ3) is 2.78. The topological polar surface area (TPSA) is 76.7 Å². The Bertz CT molecular complexity index is 350. The Balaban J connectivity index is 2.75. The fourth-order valence-electron chi connectivity index (χ4n) is 0.939. The smallest absolute Gasteiger partial charge is 0.332 e. The van der Waals surface area contributed by atoms with Crippen LogP contribution >= 0.6 is 0 Å². The molecule has 0 saturated heterocycles. The van der Waals surface area contributed by atoms with Crippen molar-refractivity contribution in [2.24, 2.45) is 10.8 Å². The number of nitrogens with zero attached hydrogens (tertiary/aromatic N) is 1. The van der Waals surface area contributed by atoms with Gasteiger partial charge < -0.3 is 10.5 Å². The predicted octanol–water partition coefficient (Wildman–Crippen LogP) is 0.697. The summed E-state index contributed by atoms with van der Waals surface area (Å²) < 4.78 is 5.07. The monoisotopic (exact) mass is 193 g/mol. The van der Waals surface area contributed by atoms with E-state index in [0.29, 0.717) is 5.75 Å². The van der Waals surface area contributed by atoms with E-state index in [9.17, 15) is 4.79 Å².